The number of nitrogens with two attached hydrogens (primary N) is 4. The second-order valence-corrected chi connectivity index (χ2v) is 20.5. The van der Waals surface area contributed by atoms with Crippen molar-refractivity contribution in [3.63, 3.8) is 0 Å². The first-order chi connectivity index (χ1) is 36.9. The molecular weight excluding hydrogens is 997 g/mol. The van der Waals surface area contributed by atoms with Gasteiger partial charge in [-0.3, -0.25) is 22.9 Å². The lowest BCUT2D eigenvalue weighted by atomic mass is 10.0. The van der Waals surface area contributed by atoms with Crippen LogP contribution < -0.4 is 56.3 Å². The highest BCUT2D eigenvalue weighted by Crippen LogP contribution is 2.55. The van der Waals surface area contributed by atoms with E-state index in [2.05, 4.69) is 105 Å². The lowest BCUT2D eigenvalue weighted by Crippen LogP contribution is -2.28. The maximum Gasteiger partial charge on any atom is 0.346 e. The molecule has 16 heteroatoms. The van der Waals surface area contributed by atoms with Crippen LogP contribution in [0.3, 0.4) is 0 Å². The highest BCUT2D eigenvalue weighted by molar-refractivity contribution is 7.24. The number of carboxylic acid groups (broad SMARTS) is 1. The molecule has 0 radical (unpaired) electrons. The Balaban J connectivity index is 1.17. The molecule has 76 heavy (non-hydrogen) atoms. The van der Waals surface area contributed by atoms with Crippen LogP contribution >= 0.6 is 22.7 Å². The number of hydrogen-bond donors (Lipinski definition) is 5. The summed E-state index contributed by atoms with van der Waals surface area (Å²) < 4.78 is 37.4. The summed E-state index contributed by atoms with van der Waals surface area (Å²) in [6.45, 7) is 9.07. The monoisotopic (exact) mass is 1060 g/mol. The molecule has 0 saturated heterocycles. The molecule has 3 heterocycles. The van der Waals surface area contributed by atoms with Gasteiger partial charge in [-0.1, -0.05) is 89.8 Å². The maximum absolute atomic E-state index is 11.6. The number of carbonyl (C=O) groups is 1. The molecule has 7 aromatic rings. The van der Waals surface area contributed by atoms with E-state index in [9.17, 15) is 15.2 Å². The molecule has 0 fully saturated rings. The Kier molecular flexibility index (Phi) is 18.7. The van der Waals surface area contributed by atoms with Crippen molar-refractivity contribution in [1.29, 1.82) is 5.26 Å². The van der Waals surface area contributed by atoms with E-state index >= 15 is 0 Å². The Morgan fingerprint density at radius 3 is 1.43 bits per heavy atom. The predicted octanol–water partition coefficient (Wildman–Crippen LogP) is 13.6. The van der Waals surface area contributed by atoms with E-state index in [1.807, 2.05) is 42.5 Å². The molecule has 8 rings (SSSR count). The molecule has 0 amide bonds. The van der Waals surface area contributed by atoms with Crippen LogP contribution in [0.4, 0.5) is 17.1 Å². The number of ether oxygens (including phenoxy) is 6. The van der Waals surface area contributed by atoms with E-state index in [0.717, 1.165) is 98.0 Å². The van der Waals surface area contributed by atoms with Gasteiger partial charge < -0.3 is 38.4 Å². The summed E-state index contributed by atoms with van der Waals surface area (Å²) >= 11 is 2.92. The number of hydrogen-bond acceptors (Lipinski definition) is 15. The van der Waals surface area contributed by atoms with Gasteiger partial charge in [-0.15, -0.1) is 22.7 Å². The summed E-state index contributed by atoms with van der Waals surface area (Å²) in [4.78, 5) is 17.0. The van der Waals surface area contributed by atoms with E-state index < -0.39 is 30.9 Å². The first kappa shape index (κ1) is 54.9. The van der Waals surface area contributed by atoms with Gasteiger partial charge in [-0.05, 0) is 121 Å². The minimum atomic E-state index is -1.28. The number of thiophene rings is 2. The quantitative estimate of drug-likeness (QED) is 0.0204. The molecule has 9 N–H and O–H groups in total. The SMILES string of the molecule is CCCC(N)Oc1ccc(-c2ccc(N(c3ccc(-c4ccc(OC(N)CCC)cc4OC(N)CCC)cc3)c3ccc(-c4sc(-c5ccc(/C=C(\C#N)C(=O)O)s5)c5c4OCCO5)cc3)cc2)c(OC(N)CCC)c1. The van der Waals surface area contributed by atoms with E-state index in [4.69, 9.17) is 51.4 Å². The standard InChI is InChI=1S/C60H66N6O8S2/c1-5-9-52(62)71-44-25-28-47(49(34-44)73-54(64)11-7-3)37-13-19-41(20-14-37)66(42-21-15-38(16-22-42)48-29-26-45(72-53(63)10-6-2)35-50(48)74-55(65)12-8-4)43-23-17-39(18-24-43)58-56-57(70-32-31-69-56)59(76-58)51-30-27-46(75-51)33-40(36-61)60(67)68/h13-30,33-35,52-55H,5-12,31-32,62-65H2,1-4H3,(H,67,68)/b40-33+. The molecule has 1 aliphatic rings. The Bertz CT molecular complexity index is 3010. The normalized spacial score (nSPS) is 13.8. The summed E-state index contributed by atoms with van der Waals surface area (Å²) in [6, 6.07) is 42.0. The topological polar surface area (TPSA) is 224 Å². The van der Waals surface area contributed by atoms with Crippen LogP contribution in [-0.4, -0.2) is 49.2 Å². The second kappa shape index (κ2) is 25.9. The van der Waals surface area contributed by atoms with Crippen LogP contribution in [0.15, 0.2) is 127 Å². The average Bonchev–Trinajstić information content (AvgIpc) is 4.05. The summed E-state index contributed by atoms with van der Waals surface area (Å²) in [5.74, 6) is 2.46. The largest absolute Gasteiger partial charge is 0.485 e. The first-order valence-electron chi connectivity index (χ1n) is 25.9. The van der Waals surface area contributed by atoms with Crippen molar-refractivity contribution in [2.75, 3.05) is 18.1 Å². The summed E-state index contributed by atoms with van der Waals surface area (Å²) in [5, 5.41) is 18.8. The van der Waals surface area contributed by atoms with E-state index in [-0.39, 0.29) is 5.57 Å². The van der Waals surface area contributed by atoms with Crippen LogP contribution in [0.1, 0.15) is 83.9 Å². The van der Waals surface area contributed by atoms with Crippen molar-refractivity contribution in [2.24, 2.45) is 22.9 Å². The Labute approximate surface area is 453 Å². The van der Waals surface area contributed by atoms with Crippen molar-refractivity contribution in [3.8, 4) is 83.0 Å². The molecule has 0 aliphatic carbocycles. The zero-order valence-corrected chi connectivity index (χ0v) is 45.0. The molecule has 5 aromatic carbocycles. The van der Waals surface area contributed by atoms with Crippen LogP contribution in [0, 0.1) is 11.3 Å². The molecule has 2 aromatic heterocycles. The lowest BCUT2D eigenvalue weighted by Gasteiger charge is -2.26. The molecular formula is C60H66N6O8S2. The van der Waals surface area contributed by atoms with Gasteiger partial charge in [0.25, 0.3) is 0 Å². The van der Waals surface area contributed by atoms with Gasteiger partial charge in [0, 0.05) is 50.1 Å². The molecule has 0 bridgehead atoms. The van der Waals surface area contributed by atoms with Crippen LogP contribution in [0.5, 0.6) is 34.5 Å². The molecule has 4 unspecified atom stereocenters. The molecule has 14 nitrogen and oxygen atoms in total. The zero-order valence-electron chi connectivity index (χ0n) is 43.3. The third-order valence-corrected chi connectivity index (χ3v) is 14.9. The van der Waals surface area contributed by atoms with Gasteiger partial charge in [0.15, 0.2) is 11.5 Å². The smallest absolute Gasteiger partial charge is 0.346 e. The van der Waals surface area contributed by atoms with Gasteiger partial charge in [0.2, 0.25) is 0 Å². The number of carboxylic acids is 1. The van der Waals surface area contributed by atoms with Gasteiger partial charge in [-0.25, -0.2) is 4.79 Å². The van der Waals surface area contributed by atoms with Crippen molar-refractivity contribution in [3.05, 3.63) is 132 Å². The van der Waals surface area contributed by atoms with Crippen molar-refractivity contribution in [2.45, 2.75) is 104 Å². The summed E-state index contributed by atoms with van der Waals surface area (Å²) in [7, 11) is 0. The van der Waals surface area contributed by atoms with Crippen LogP contribution in [0.2, 0.25) is 0 Å². The Hall–Kier alpha value is -7.36. The molecule has 4 atom stereocenters. The highest BCUT2D eigenvalue weighted by Gasteiger charge is 2.28. The number of benzene rings is 5. The Morgan fingerprint density at radius 1 is 0.592 bits per heavy atom. The second-order valence-electron chi connectivity index (χ2n) is 18.4. The third kappa shape index (κ3) is 13.4. The van der Waals surface area contributed by atoms with E-state index in [1.165, 1.54) is 28.7 Å². The van der Waals surface area contributed by atoms with Crippen molar-refractivity contribution in [1.82, 2.24) is 0 Å². The Morgan fingerprint density at radius 2 is 1.01 bits per heavy atom. The fourth-order valence-electron chi connectivity index (χ4n) is 8.80. The van der Waals surface area contributed by atoms with E-state index in [0.29, 0.717) is 65.4 Å². The number of nitriles is 1. The lowest BCUT2D eigenvalue weighted by molar-refractivity contribution is -0.132. The maximum atomic E-state index is 11.6. The number of aliphatic carboxylic acids is 1. The molecule has 0 saturated carbocycles. The predicted molar refractivity (Wildman–Crippen MR) is 305 cm³/mol. The minimum Gasteiger partial charge on any atom is -0.485 e. The fraction of sp³-hybridized carbons (Fsp3) is 0.300. The van der Waals surface area contributed by atoms with Crippen molar-refractivity contribution >= 4 is 51.8 Å². The average molecular weight is 1060 g/mol. The van der Waals surface area contributed by atoms with Gasteiger partial charge >= 0.3 is 5.97 Å². The number of nitrogens with zero attached hydrogens (tertiary/aromatic N) is 2. The van der Waals surface area contributed by atoms with Crippen molar-refractivity contribution < 1.29 is 38.3 Å². The van der Waals surface area contributed by atoms with Gasteiger partial charge in [0.05, 0.1) is 9.75 Å². The number of rotatable bonds is 25. The zero-order chi connectivity index (χ0) is 53.7. The molecule has 396 valence electrons. The fourth-order valence-corrected chi connectivity index (χ4v) is 11.1. The number of anilines is 3. The van der Waals surface area contributed by atoms with Crippen LogP contribution in [-0.2, 0) is 4.79 Å². The molecule has 1 aliphatic heterocycles. The summed E-state index contributed by atoms with van der Waals surface area (Å²) in [5.41, 5.74) is 32.3. The number of fused-ring (bicyclic) bond motifs is 1. The highest BCUT2D eigenvalue weighted by atomic mass is 32.1. The first-order valence-corrected chi connectivity index (χ1v) is 27.5. The summed E-state index contributed by atoms with van der Waals surface area (Å²) in [6.07, 6.45) is 5.83. The minimum absolute atomic E-state index is 0.338. The third-order valence-electron chi connectivity index (χ3n) is 12.5. The van der Waals surface area contributed by atoms with E-state index in [1.54, 1.807) is 12.1 Å². The van der Waals surface area contributed by atoms with Gasteiger partial charge in [0.1, 0.15) is 72.8 Å². The molecule has 0 spiro atoms. The van der Waals surface area contributed by atoms with Gasteiger partial charge in [-0.2, -0.15) is 5.26 Å². The van der Waals surface area contributed by atoms with Crippen LogP contribution in [0.25, 0.3) is 48.5 Å².